The quantitative estimate of drug-likeness (QED) is 0.124. The van der Waals surface area contributed by atoms with Crippen LogP contribution in [0.1, 0.15) is 64.5 Å². The van der Waals surface area contributed by atoms with E-state index in [1.54, 1.807) is 13.1 Å². The van der Waals surface area contributed by atoms with Crippen LogP contribution in [0.3, 0.4) is 0 Å². The predicted octanol–water partition coefficient (Wildman–Crippen LogP) is 1.58. The fraction of sp³-hybridized carbons (Fsp3) is 0.548. The Morgan fingerprint density at radius 1 is 1.10 bits per heavy atom. The summed E-state index contributed by atoms with van der Waals surface area (Å²) in [5, 5.41) is 38.3. The van der Waals surface area contributed by atoms with Gasteiger partial charge < -0.3 is 35.0 Å². The lowest BCUT2D eigenvalue weighted by Crippen LogP contribution is -2.42. The van der Waals surface area contributed by atoms with E-state index >= 15 is 0 Å². The Morgan fingerprint density at radius 2 is 1.78 bits per heavy atom. The number of rotatable bonds is 16. The number of nitrogens with zero attached hydrogens (tertiary/aromatic N) is 4. The lowest BCUT2D eigenvalue weighted by atomic mass is 9.96. The molecule has 0 saturated carbocycles. The van der Waals surface area contributed by atoms with Gasteiger partial charge in [-0.2, -0.15) is 5.10 Å². The van der Waals surface area contributed by atoms with E-state index in [0.29, 0.717) is 48.0 Å². The Kier molecular flexibility index (Phi) is 13.4. The number of aliphatic carboxylic acids is 3. The van der Waals surface area contributed by atoms with Gasteiger partial charge in [-0.15, -0.1) is 0 Å². The largest absolute Gasteiger partial charge is 0.493 e. The molecule has 1 unspecified atom stereocenters. The van der Waals surface area contributed by atoms with Crippen molar-refractivity contribution >= 4 is 39.0 Å². The maximum atomic E-state index is 13.1. The Balaban J connectivity index is 0.000000425. The summed E-state index contributed by atoms with van der Waals surface area (Å²) in [6, 6.07) is 5.08. The molecule has 3 aromatic rings. The minimum Gasteiger partial charge on any atom is -0.493 e. The molecule has 17 nitrogen and oxygen atoms in total. The molecule has 1 fully saturated rings. The molecule has 0 bridgehead atoms. The van der Waals surface area contributed by atoms with Gasteiger partial charge in [-0.05, 0) is 63.9 Å². The number of sulfonamides is 1. The molecule has 2 aromatic heterocycles. The average molecular weight is 709 g/mol. The van der Waals surface area contributed by atoms with Gasteiger partial charge in [-0.3, -0.25) is 19.1 Å². The summed E-state index contributed by atoms with van der Waals surface area (Å²) in [5.41, 5.74) is -1.00. The smallest absolute Gasteiger partial charge is 0.336 e. The van der Waals surface area contributed by atoms with Crippen molar-refractivity contribution in [3.63, 3.8) is 0 Å². The molecular formula is C31H44N6O11S. The van der Waals surface area contributed by atoms with Crippen molar-refractivity contribution in [2.24, 2.45) is 7.05 Å². The molecule has 1 aliphatic rings. The number of H-pyrrole nitrogens is 1. The number of fused-ring (bicyclic) bond motifs is 1. The summed E-state index contributed by atoms with van der Waals surface area (Å²) < 4.78 is 36.5. The van der Waals surface area contributed by atoms with E-state index in [0.717, 1.165) is 44.3 Å². The molecular weight excluding hydrogens is 664 g/mol. The van der Waals surface area contributed by atoms with E-state index < -0.39 is 46.4 Å². The molecule has 18 heteroatoms. The van der Waals surface area contributed by atoms with E-state index in [2.05, 4.69) is 26.8 Å². The highest BCUT2D eigenvalue weighted by Gasteiger charge is 2.40. The molecule has 0 radical (unpaired) electrons. The van der Waals surface area contributed by atoms with E-state index in [9.17, 15) is 27.6 Å². The first-order valence-corrected chi connectivity index (χ1v) is 17.3. The summed E-state index contributed by atoms with van der Waals surface area (Å²) in [6.07, 6.45) is 3.02. The summed E-state index contributed by atoms with van der Waals surface area (Å²) in [4.78, 5) is 53.4. The zero-order valence-electron chi connectivity index (χ0n) is 27.9. The lowest BCUT2D eigenvalue weighted by molar-refractivity contribution is -0.170. The van der Waals surface area contributed by atoms with Gasteiger partial charge in [0.25, 0.3) is 5.56 Å². The molecule has 1 saturated heterocycles. The fourth-order valence-corrected chi connectivity index (χ4v) is 6.55. The summed E-state index contributed by atoms with van der Waals surface area (Å²) in [6.45, 7) is 5.89. The van der Waals surface area contributed by atoms with Gasteiger partial charge in [0.2, 0.25) is 10.0 Å². The molecule has 1 aliphatic heterocycles. The Hall–Kier alpha value is -4.39. The number of aliphatic hydroxyl groups is 1. The van der Waals surface area contributed by atoms with Crippen LogP contribution in [0, 0.1) is 0 Å². The zero-order chi connectivity index (χ0) is 36.5. The second-order valence-electron chi connectivity index (χ2n) is 11.9. The van der Waals surface area contributed by atoms with Gasteiger partial charge in [-0.25, -0.2) is 22.9 Å². The zero-order valence-corrected chi connectivity index (χ0v) is 28.7. The Bertz CT molecular complexity index is 1810. The first-order chi connectivity index (χ1) is 23.0. The number of likely N-dealkylation sites (tertiary alicyclic amines) is 1. The number of nitrogens with one attached hydrogen (secondary N) is 2. The van der Waals surface area contributed by atoms with Gasteiger partial charge in [0, 0.05) is 19.6 Å². The van der Waals surface area contributed by atoms with Gasteiger partial charge in [-0.1, -0.05) is 20.3 Å². The van der Waals surface area contributed by atoms with Crippen LogP contribution in [0.4, 0.5) is 0 Å². The van der Waals surface area contributed by atoms with Gasteiger partial charge in [0.15, 0.2) is 11.1 Å². The van der Waals surface area contributed by atoms with E-state index in [4.69, 9.17) is 30.1 Å². The van der Waals surface area contributed by atoms with Crippen LogP contribution in [-0.2, 0) is 37.9 Å². The van der Waals surface area contributed by atoms with Crippen molar-refractivity contribution in [1.82, 2.24) is 29.4 Å². The second kappa shape index (κ2) is 16.8. The summed E-state index contributed by atoms with van der Waals surface area (Å²) in [7, 11) is 0.0311. The van der Waals surface area contributed by atoms with Crippen molar-refractivity contribution in [2.45, 2.75) is 81.8 Å². The Morgan fingerprint density at radius 3 is 2.33 bits per heavy atom. The fourth-order valence-electron chi connectivity index (χ4n) is 5.48. The van der Waals surface area contributed by atoms with Crippen LogP contribution in [-0.4, -0.2) is 110 Å². The molecule has 0 spiro atoms. The van der Waals surface area contributed by atoms with Crippen molar-refractivity contribution in [3.05, 3.63) is 34.2 Å². The topological polar surface area (TPSA) is 254 Å². The predicted molar refractivity (Wildman–Crippen MR) is 177 cm³/mol. The highest BCUT2D eigenvalue weighted by Crippen LogP contribution is 2.31. The first-order valence-electron chi connectivity index (χ1n) is 15.8. The van der Waals surface area contributed by atoms with Crippen LogP contribution in [0.2, 0.25) is 0 Å². The molecule has 3 heterocycles. The van der Waals surface area contributed by atoms with E-state index in [1.165, 1.54) is 16.8 Å². The van der Waals surface area contributed by atoms with Crippen molar-refractivity contribution in [2.75, 3.05) is 26.7 Å². The number of carbonyl (C=O) groups is 3. The van der Waals surface area contributed by atoms with Gasteiger partial charge in [0.05, 0.1) is 35.6 Å². The first kappa shape index (κ1) is 39.1. The number of ether oxygens (including phenoxy) is 1. The molecule has 1 atom stereocenters. The maximum absolute atomic E-state index is 13.1. The van der Waals surface area contributed by atoms with E-state index in [1.807, 2.05) is 13.8 Å². The molecule has 0 amide bonds. The van der Waals surface area contributed by atoms with Crippen molar-refractivity contribution in [1.29, 1.82) is 0 Å². The molecule has 6 N–H and O–H groups in total. The third-order valence-electron chi connectivity index (χ3n) is 7.95. The Labute approximate surface area is 283 Å². The normalized spacial score (nSPS) is 15.2. The van der Waals surface area contributed by atoms with Crippen LogP contribution >= 0.6 is 0 Å². The number of hydrogen-bond acceptors (Lipinski definition) is 11. The van der Waals surface area contributed by atoms with Crippen LogP contribution in [0.25, 0.3) is 22.4 Å². The van der Waals surface area contributed by atoms with Crippen molar-refractivity contribution in [3.8, 4) is 17.1 Å². The molecule has 49 heavy (non-hydrogen) atoms. The highest BCUT2D eigenvalue weighted by atomic mass is 32.2. The molecule has 270 valence electrons. The lowest BCUT2D eigenvalue weighted by Gasteiger charge is -2.19. The highest BCUT2D eigenvalue weighted by molar-refractivity contribution is 7.89. The standard InChI is InChI=1S/C25H36N6O4S.C6H8O7/c1-5-8-20-22-23(31(4)29-20)25(32)28-24(27-22)19-16-18(10-11-21(19)35-15-6-2)36(33,34)26-13-12-17-9-7-14-30(17)3;7-3(8)1-6(13,5(11)12)2-4(9)10/h10-11,16-17,26H,5-9,12-15H2,1-4H3,(H,27,28,32);13H,1-2H2,(H,7,8)(H,9,10)(H,11,12). The van der Waals surface area contributed by atoms with Gasteiger partial charge >= 0.3 is 17.9 Å². The summed E-state index contributed by atoms with van der Waals surface area (Å²) >= 11 is 0. The third-order valence-corrected chi connectivity index (χ3v) is 9.41. The maximum Gasteiger partial charge on any atom is 0.336 e. The third kappa shape index (κ3) is 10.1. The number of hydrogen-bond donors (Lipinski definition) is 6. The number of aryl methyl sites for hydroxylation is 2. The summed E-state index contributed by atoms with van der Waals surface area (Å²) in [5.74, 6) is -4.30. The second-order valence-corrected chi connectivity index (χ2v) is 13.6. The molecule has 1 aromatic carbocycles. The SMILES string of the molecule is CCCOc1ccc(S(=O)(=O)NCCC2CCCN2C)cc1-c1nc2c(CCC)nn(C)c2c(=O)[nH]1.O=C(O)CC(O)(CC(=O)O)C(=O)O. The molecule has 0 aliphatic carbocycles. The number of carboxylic acids is 3. The monoisotopic (exact) mass is 708 g/mol. The van der Waals surface area contributed by atoms with Crippen LogP contribution < -0.4 is 15.0 Å². The number of benzene rings is 1. The minimum atomic E-state index is -3.76. The van der Waals surface area contributed by atoms with Gasteiger partial charge in [0.1, 0.15) is 17.1 Å². The minimum absolute atomic E-state index is 0.101. The number of aromatic nitrogens is 4. The average Bonchev–Trinajstić information content (AvgIpc) is 3.57. The number of carboxylic acid groups (broad SMARTS) is 3. The van der Waals surface area contributed by atoms with E-state index in [-0.39, 0.29) is 16.3 Å². The van der Waals surface area contributed by atoms with Crippen molar-refractivity contribution < 1.29 is 48.0 Å². The molecule has 4 rings (SSSR count). The number of aromatic amines is 1. The van der Waals surface area contributed by atoms with Crippen LogP contribution in [0.5, 0.6) is 5.75 Å². The van der Waals surface area contributed by atoms with Crippen LogP contribution in [0.15, 0.2) is 27.9 Å².